The SMILES string of the molecule is CCOc1cc(C2C3=C(CCCC3=O)N(CC)C3=C2C(=O)CCC3)ccc1OCC(=O)Nc1ccc(C)c(C)c1. The van der Waals surface area contributed by atoms with Crippen LogP contribution in [0.25, 0.3) is 0 Å². The van der Waals surface area contributed by atoms with Crippen LogP contribution in [-0.2, 0) is 14.4 Å². The normalized spacial score (nSPS) is 17.6. The molecule has 0 atom stereocenters. The highest BCUT2D eigenvalue weighted by Crippen LogP contribution is 2.50. The molecule has 7 heteroatoms. The van der Waals surface area contributed by atoms with Crippen molar-refractivity contribution in [1.82, 2.24) is 4.90 Å². The third kappa shape index (κ3) is 5.29. The Hall–Kier alpha value is -3.87. The molecule has 0 aromatic heterocycles. The molecule has 0 spiro atoms. The molecule has 3 aliphatic rings. The Morgan fingerprint density at radius 3 is 2.12 bits per heavy atom. The Balaban J connectivity index is 1.45. The molecule has 40 heavy (non-hydrogen) atoms. The van der Waals surface area contributed by atoms with Gasteiger partial charge >= 0.3 is 0 Å². The second-order valence-corrected chi connectivity index (χ2v) is 10.7. The summed E-state index contributed by atoms with van der Waals surface area (Å²) in [6.07, 6.45) is 4.34. The minimum atomic E-state index is -0.408. The van der Waals surface area contributed by atoms with E-state index in [9.17, 15) is 14.4 Å². The number of allylic oxidation sites excluding steroid dienone is 4. The first-order chi connectivity index (χ1) is 19.3. The van der Waals surface area contributed by atoms with Crippen LogP contribution in [-0.4, -0.2) is 42.1 Å². The number of benzene rings is 2. The predicted molar refractivity (Wildman–Crippen MR) is 155 cm³/mol. The lowest BCUT2D eigenvalue weighted by Crippen LogP contribution is -2.39. The van der Waals surface area contributed by atoms with Crippen molar-refractivity contribution in [2.24, 2.45) is 0 Å². The monoisotopic (exact) mass is 542 g/mol. The minimum absolute atomic E-state index is 0.121. The highest BCUT2D eigenvalue weighted by atomic mass is 16.5. The van der Waals surface area contributed by atoms with Crippen LogP contribution in [0.2, 0.25) is 0 Å². The van der Waals surface area contributed by atoms with E-state index in [1.807, 2.05) is 51.1 Å². The van der Waals surface area contributed by atoms with Crippen LogP contribution in [0.1, 0.15) is 75.0 Å². The molecule has 0 bridgehead atoms. The summed E-state index contributed by atoms with van der Waals surface area (Å²) >= 11 is 0. The Morgan fingerprint density at radius 1 is 0.850 bits per heavy atom. The summed E-state index contributed by atoms with van der Waals surface area (Å²) in [6.45, 7) is 8.97. The zero-order valence-corrected chi connectivity index (χ0v) is 23.9. The molecular weight excluding hydrogens is 504 g/mol. The molecule has 5 rings (SSSR count). The van der Waals surface area contributed by atoms with Crippen LogP contribution in [0.4, 0.5) is 5.69 Å². The van der Waals surface area contributed by atoms with Crippen molar-refractivity contribution >= 4 is 23.2 Å². The number of anilines is 1. The van der Waals surface area contributed by atoms with E-state index >= 15 is 0 Å². The number of ketones is 2. The predicted octanol–water partition coefficient (Wildman–Crippen LogP) is 6.15. The maximum atomic E-state index is 13.4. The van der Waals surface area contributed by atoms with Gasteiger partial charge in [0.1, 0.15) is 0 Å². The van der Waals surface area contributed by atoms with Gasteiger partial charge in [-0.2, -0.15) is 0 Å². The molecule has 0 fully saturated rings. The van der Waals surface area contributed by atoms with Crippen LogP contribution < -0.4 is 14.8 Å². The van der Waals surface area contributed by atoms with Gasteiger partial charge in [0, 0.05) is 53.5 Å². The number of rotatable bonds is 8. The second-order valence-electron chi connectivity index (χ2n) is 10.7. The van der Waals surface area contributed by atoms with Gasteiger partial charge in [-0.3, -0.25) is 14.4 Å². The number of Topliss-reactive ketones (excluding diaryl/α,β-unsaturated/α-hetero) is 2. The highest BCUT2D eigenvalue weighted by Gasteiger charge is 2.43. The standard InChI is InChI=1S/C33H38N2O5/c1-5-35-24-9-7-11-26(36)32(24)31(33-25(35)10-8-12-27(33)37)22-14-16-28(29(18-22)39-6-2)40-19-30(38)34-23-15-13-20(3)21(4)17-23/h13-18,31H,5-12,19H2,1-4H3,(H,34,38). The van der Waals surface area contributed by atoms with Crippen LogP contribution in [0.15, 0.2) is 58.9 Å². The van der Waals surface area contributed by atoms with E-state index in [0.29, 0.717) is 30.9 Å². The maximum absolute atomic E-state index is 13.4. The van der Waals surface area contributed by atoms with E-state index in [0.717, 1.165) is 77.1 Å². The van der Waals surface area contributed by atoms with Crippen molar-refractivity contribution in [2.75, 3.05) is 25.1 Å². The fraction of sp³-hybridized carbons (Fsp3) is 0.424. The third-order valence-corrected chi connectivity index (χ3v) is 8.15. The first kappa shape index (κ1) is 27.7. The lowest BCUT2D eigenvalue weighted by Gasteiger charge is -2.43. The number of hydrogen-bond donors (Lipinski definition) is 1. The van der Waals surface area contributed by atoms with Gasteiger partial charge in [-0.15, -0.1) is 0 Å². The first-order valence-electron chi connectivity index (χ1n) is 14.4. The molecular formula is C33H38N2O5. The number of amides is 1. The van der Waals surface area contributed by atoms with Gasteiger partial charge in [0.2, 0.25) is 0 Å². The van der Waals surface area contributed by atoms with E-state index in [-0.39, 0.29) is 24.1 Å². The van der Waals surface area contributed by atoms with Gasteiger partial charge in [-0.05, 0) is 94.3 Å². The number of hydrogen-bond acceptors (Lipinski definition) is 6. The molecule has 210 valence electrons. The van der Waals surface area contributed by atoms with E-state index in [2.05, 4.69) is 17.1 Å². The lowest BCUT2D eigenvalue weighted by molar-refractivity contribution is -0.118. The van der Waals surface area contributed by atoms with Crippen molar-refractivity contribution in [1.29, 1.82) is 0 Å². The highest BCUT2D eigenvalue weighted by molar-refractivity contribution is 6.06. The number of carbonyl (C=O) groups is 3. The summed E-state index contributed by atoms with van der Waals surface area (Å²) in [6, 6.07) is 11.4. The fourth-order valence-corrected chi connectivity index (χ4v) is 6.18. The van der Waals surface area contributed by atoms with E-state index in [4.69, 9.17) is 9.47 Å². The topological polar surface area (TPSA) is 84.9 Å². The summed E-state index contributed by atoms with van der Waals surface area (Å²) in [7, 11) is 0. The van der Waals surface area contributed by atoms with Crippen LogP contribution in [0.3, 0.4) is 0 Å². The van der Waals surface area contributed by atoms with E-state index < -0.39 is 5.92 Å². The molecule has 1 heterocycles. The first-order valence-corrected chi connectivity index (χ1v) is 14.4. The average Bonchev–Trinajstić information content (AvgIpc) is 2.94. The number of nitrogens with zero attached hydrogens (tertiary/aromatic N) is 1. The summed E-state index contributed by atoms with van der Waals surface area (Å²) in [5.41, 5.74) is 7.47. The molecule has 7 nitrogen and oxygen atoms in total. The van der Waals surface area contributed by atoms with Crippen molar-refractivity contribution < 1.29 is 23.9 Å². The molecule has 1 aliphatic heterocycles. The van der Waals surface area contributed by atoms with Crippen molar-refractivity contribution in [3.8, 4) is 11.5 Å². The Morgan fingerprint density at radius 2 is 1.52 bits per heavy atom. The molecule has 2 aromatic rings. The Kier molecular flexibility index (Phi) is 8.10. The summed E-state index contributed by atoms with van der Waals surface area (Å²) in [4.78, 5) is 41.6. The Bertz CT molecular complexity index is 1380. The van der Waals surface area contributed by atoms with Gasteiger partial charge in [0.05, 0.1) is 6.61 Å². The molecule has 1 amide bonds. The smallest absolute Gasteiger partial charge is 0.262 e. The van der Waals surface area contributed by atoms with Gasteiger partial charge in [-0.25, -0.2) is 0 Å². The quantitative estimate of drug-likeness (QED) is 0.431. The molecule has 0 saturated carbocycles. The fourth-order valence-electron chi connectivity index (χ4n) is 6.18. The summed E-state index contributed by atoms with van der Waals surface area (Å²) in [5.74, 6) is 0.501. The number of carbonyl (C=O) groups excluding carboxylic acids is 3. The molecule has 0 unspecified atom stereocenters. The van der Waals surface area contributed by atoms with E-state index in [1.54, 1.807) is 6.07 Å². The van der Waals surface area contributed by atoms with Crippen molar-refractivity contribution in [3.05, 3.63) is 75.6 Å². The Labute approximate surface area is 236 Å². The molecule has 2 aromatic carbocycles. The number of ether oxygens (including phenoxy) is 2. The van der Waals surface area contributed by atoms with Crippen LogP contribution in [0, 0.1) is 13.8 Å². The van der Waals surface area contributed by atoms with Crippen LogP contribution in [0.5, 0.6) is 11.5 Å². The van der Waals surface area contributed by atoms with Crippen molar-refractivity contribution in [3.63, 3.8) is 0 Å². The van der Waals surface area contributed by atoms with Crippen LogP contribution >= 0.6 is 0 Å². The minimum Gasteiger partial charge on any atom is -0.490 e. The van der Waals surface area contributed by atoms with Gasteiger partial charge in [-0.1, -0.05) is 12.1 Å². The zero-order valence-electron chi connectivity index (χ0n) is 23.9. The van der Waals surface area contributed by atoms with E-state index in [1.165, 1.54) is 0 Å². The number of aryl methyl sites for hydroxylation is 2. The maximum Gasteiger partial charge on any atom is 0.262 e. The average molecular weight is 543 g/mol. The largest absolute Gasteiger partial charge is 0.490 e. The van der Waals surface area contributed by atoms with Gasteiger partial charge in [0.25, 0.3) is 5.91 Å². The van der Waals surface area contributed by atoms with Crippen molar-refractivity contribution in [2.45, 2.75) is 72.1 Å². The number of nitrogens with one attached hydrogen (secondary N) is 1. The molecule has 0 saturated heterocycles. The summed E-state index contributed by atoms with van der Waals surface area (Å²) < 4.78 is 11.9. The summed E-state index contributed by atoms with van der Waals surface area (Å²) in [5, 5.41) is 2.88. The third-order valence-electron chi connectivity index (χ3n) is 8.15. The molecule has 0 radical (unpaired) electrons. The molecule has 2 aliphatic carbocycles. The molecule has 1 N–H and O–H groups in total. The zero-order chi connectivity index (χ0) is 28.4. The lowest BCUT2D eigenvalue weighted by atomic mass is 9.71. The van der Waals surface area contributed by atoms with Gasteiger partial charge in [0.15, 0.2) is 29.7 Å². The second kappa shape index (κ2) is 11.7. The van der Waals surface area contributed by atoms with Gasteiger partial charge < -0.3 is 19.7 Å².